The van der Waals surface area contributed by atoms with E-state index in [0.29, 0.717) is 0 Å². The molecule has 0 fully saturated rings. The van der Waals surface area contributed by atoms with E-state index in [1.54, 1.807) is 0 Å². The van der Waals surface area contributed by atoms with Crippen LogP contribution in [0, 0.1) is 0 Å². The van der Waals surface area contributed by atoms with Crippen LogP contribution in [0.1, 0.15) is 17.7 Å². The van der Waals surface area contributed by atoms with Crippen LogP contribution in [0.3, 0.4) is 0 Å². The van der Waals surface area contributed by atoms with Crippen molar-refractivity contribution in [1.29, 1.82) is 0 Å². The number of rotatable bonds is 0. The van der Waals surface area contributed by atoms with Gasteiger partial charge in [-0.2, -0.15) is 0 Å². The second-order valence-electron chi connectivity index (χ2n) is 3.88. The molecule has 1 aliphatic rings. The summed E-state index contributed by atoms with van der Waals surface area (Å²) < 4.78 is 2.29. The van der Waals surface area contributed by atoms with E-state index in [1.165, 1.54) is 35.0 Å². The van der Waals surface area contributed by atoms with Gasteiger partial charge >= 0.3 is 0 Å². The van der Waals surface area contributed by atoms with Crippen molar-refractivity contribution in [3.8, 4) is 0 Å². The Morgan fingerprint density at radius 1 is 1.21 bits per heavy atom. The van der Waals surface area contributed by atoms with Crippen molar-refractivity contribution in [3.05, 3.63) is 41.6 Å². The fourth-order valence-electron chi connectivity index (χ4n) is 2.39. The predicted octanol–water partition coefficient (Wildman–Crippen LogP) is 3.14. The molecule has 0 aliphatic heterocycles. The Labute approximate surface area is 83.7 Å². The van der Waals surface area contributed by atoms with Crippen LogP contribution < -0.4 is 0 Å². The van der Waals surface area contributed by atoms with Crippen LogP contribution in [-0.2, 0) is 13.5 Å². The summed E-state index contributed by atoms with van der Waals surface area (Å²) in [5.74, 6) is 0. The van der Waals surface area contributed by atoms with Gasteiger partial charge in [0.1, 0.15) is 0 Å². The Morgan fingerprint density at radius 3 is 3.00 bits per heavy atom. The van der Waals surface area contributed by atoms with Crippen molar-refractivity contribution >= 4 is 17.0 Å². The van der Waals surface area contributed by atoms with E-state index < -0.39 is 0 Å². The lowest BCUT2D eigenvalue weighted by Gasteiger charge is -2.06. The van der Waals surface area contributed by atoms with Crippen LogP contribution in [0.15, 0.2) is 30.3 Å². The standard InChI is InChI=1S/C13H13N/c1-14-12-8-4-2-6-10(12)11-7-3-5-9-13(11)14/h2,4-6,8-9H,3,7H2,1H3. The zero-order valence-corrected chi connectivity index (χ0v) is 8.33. The molecule has 1 aromatic heterocycles. The molecule has 0 saturated carbocycles. The summed E-state index contributed by atoms with van der Waals surface area (Å²) >= 11 is 0. The summed E-state index contributed by atoms with van der Waals surface area (Å²) in [6, 6.07) is 8.66. The number of nitrogens with zero attached hydrogens (tertiary/aromatic N) is 1. The van der Waals surface area contributed by atoms with Crippen molar-refractivity contribution < 1.29 is 0 Å². The molecule has 1 aliphatic carbocycles. The van der Waals surface area contributed by atoms with Gasteiger partial charge < -0.3 is 4.57 Å². The largest absolute Gasteiger partial charge is 0.344 e. The fraction of sp³-hybridized carbons (Fsp3) is 0.231. The van der Waals surface area contributed by atoms with Gasteiger partial charge in [-0.3, -0.25) is 0 Å². The Hall–Kier alpha value is -1.50. The maximum absolute atomic E-state index is 2.29. The molecule has 14 heavy (non-hydrogen) atoms. The molecule has 0 spiro atoms. The molecular weight excluding hydrogens is 170 g/mol. The van der Waals surface area contributed by atoms with Crippen LogP contribution in [0.2, 0.25) is 0 Å². The van der Waals surface area contributed by atoms with Crippen LogP contribution in [0.4, 0.5) is 0 Å². The Morgan fingerprint density at radius 2 is 2.07 bits per heavy atom. The summed E-state index contributed by atoms with van der Waals surface area (Å²) in [6.45, 7) is 0. The average molecular weight is 183 g/mol. The summed E-state index contributed by atoms with van der Waals surface area (Å²) in [6.07, 6.45) is 6.88. The van der Waals surface area contributed by atoms with E-state index in [4.69, 9.17) is 0 Å². The van der Waals surface area contributed by atoms with E-state index in [9.17, 15) is 0 Å². The second kappa shape index (κ2) is 2.74. The highest BCUT2D eigenvalue weighted by Crippen LogP contribution is 2.29. The fourth-order valence-corrected chi connectivity index (χ4v) is 2.39. The van der Waals surface area contributed by atoms with E-state index in [1.807, 2.05) is 0 Å². The number of fused-ring (bicyclic) bond motifs is 3. The van der Waals surface area contributed by atoms with Gasteiger partial charge in [0.2, 0.25) is 0 Å². The molecule has 0 unspecified atom stereocenters. The molecule has 0 saturated heterocycles. The lowest BCUT2D eigenvalue weighted by molar-refractivity contribution is 0.908. The molecule has 0 atom stereocenters. The zero-order chi connectivity index (χ0) is 9.54. The first-order valence-electron chi connectivity index (χ1n) is 5.11. The number of allylic oxidation sites excluding steroid dienone is 1. The maximum atomic E-state index is 2.29. The lowest BCUT2D eigenvalue weighted by atomic mass is 10.0. The molecule has 1 heteroatoms. The normalized spacial score (nSPS) is 14.6. The molecule has 3 rings (SSSR count). The number of hydrogen-bond acceptors (Lipinski definition) is 0. The lowest BCUT2D eigenvalue weighted by Crippen LogP contribution is -1.96. The molecule has 70 valence electrons. The minimum Gasteiger partial charge on any atom is -0.344 e. The highest BCUT2D eigenvalue weighted by molar-refractivity contribution is 5.88. The molecule has 1 nitrogen and oxygen atoms in total. The van der Waals surface area contributed by atoms with E-state index in [0.717, 1.165) is 0 Å². The van der Waals surface area contributed by atoms with Crippen molar-refractivity contribution in [2.45, 2.75) is 12.8 Å². The number of aryl methyl sites for hydroxylation is 2. The highest BCUT2D eigenvalue weighted by Gasteiger charge is 2.13. The van der Waals surface area contributed by atoms with Crippen LogP contribution in [0.5, 0.6) is 0 Å². The Bertz CT molecular complexity index is 517. The van der Waals surface area contributed by atoms with E-state index >= 15 is 0 Å². The van der Waals surface area contributed by atoms with Crippen LogP contribution in [-0.4, -0.2) is 4.57 Å². The molecule has 2 aromatic rings. The summed E-state index contributed by atoms with van der Waals surface area (Å²) in [4.78, 5) is 0. The van der Waals surface area contributed by atoms with Gasteiger partial charge in [-0.05, 0) is 30.5 Å². The quantitative estimate of drug-likeness (QED) is 0.591. The van der Waals surface area contributed by atoms with Gasteiger partial charge in [0.15, 0.2) is 0 Å². The third-order valence-corrected chi connectivity index (χ3v) is 3.10. The summed E-state index contributed by atoms with van der Waals surface area (Å²) in [5, 5.41) is 1.43. The van der Waals surface area contributed by atoms with Crippen molar-refractivity contribution in [2.75, 3.05) is 0 Å². The Balaban J connectivity index is 2.48. The molecule has 0 radical (unpaired) electrons. The van der Waals surface area contributed by atoms with Gasteiger partial charge in [-0.25, -0.2) is 0 Å². The second-order valence-corrected chi connectivity index (χ2v) is 3.88. The molecule has 1 aromatic carbocycles. The smallest absolute Gasteiger partial charge is 0.0485 e. The topological polar surface area (TPSA) is 4.93 Å². The first-order valence-corrected chi connectivity index (χ1v) is 5.11. The number of benzene rings is 1. The first kappa shape index (κ1) is 7.86. The maximum Gasteiger partial charge on any atom is 0.0485 e. The minimum absolute atomic E-state index is 1.18. The van der Waals surface area contributed by atoms with Crippen molar-refractivity contribution in [1.82, 2.24) is 4.57 Å². The van der Waals surface area contributed by atoms with Gasteiger partial charge in [0.05, 0.1) is 0 Å². The predicted molar refractivity (Wildman–Crippen MR) is 60.3 cm³/mol. The molecule has 0 N–H and O–H groups in total. The summed E-state index contributed by atoms with van der Waals surface area (Å²) in [5.41, 5.74) is 4.26. The summed E-state index contributed by atoms with van der Waals surface area (Å²) in [7, 11) is 2.15. The Kier molecular flexibility index (Phi) is 1.54. The number of aromatic nitrogens is 1. The molecule has 1 heterocycles. The SMILES string of the molecule is Cn1c2c(c3ccccc31)CCC=C2. The van der Waals surface area contributed by atoms with Gasteiger partial charge in [-0.15, -0.1) is 0 Å². The van der Waals surface area contributed by atoms with E-state index in [-0.39, 0.29) is 0 Å². The monoisotopic (exact) mass is 183 g/mol. The first-order chi connectivity index (χ1) is 6.88. The molecular formula is C13H13N. The van der Waals surface area contributed by atoms with Crippen molar-refractivity contribution in [3.63, 3.8) is 0 Å². The number of hydrogen-bond donors (Lipinski definition) is 0. The third kappa shape index (κ3) is 0.897. The zero-order valence-electron chi connectivity index (χ0n) is 8.33. The average Bonchev–Trinajstić information content (AvgIpc) is 2.55. The number of para-hydroxylation sites is 1. The molecule has 0 bridgehead atoms. The van der Waals surface area contributed by atoms with Gasteiger partial charge in [-0.1, -0.05) is 24.3 Å². The minimum atomic E-state index is 1.18. The van der Waals surface area contributed by atoms with Crippen molar-refractivity contribution in [2.24, 2.45) is 7.05 Å². The third-order valence-electron chi connectivity index (χ3n) is 3.10. The van der Waals surface area contributed by atoms with Crippen LogP contribution >= 0.6 is 0 Å². The van der Waals surface area contributed by atoms with E-state index in [2.05, 4.69) is 48.0 Å². The van der Waals surface area contributed by atoms with Crippen LogP contribution in [0.25, 0.3) is 17.0 Å². The molecule has 0 amide bonds. The van der Waals surface area contributed by atoms with Gasteiger partial charge in [0.25, 0.3) is 0 Å². The highest BCUT2D eigenvalue weighted by atomic mass is 14.9. The van der Waals surface area contributed by atoms with Gasteiger partial charge in [0, 0.05) is 23.6 Å².